The summed E-state index contributed by atoms with van der Waals surface area (Å²) in [4.78, 5) is 31.1. The van der Waals surface area contributed by atoms with Crippen LogP contribution in [0.25, 0.3) is 0 Å². The first kappa shape index (κ1) is 19.1. The molecule has 0 aliphatic rings. The molecule has 0 fully saturated rings. The molecule has 0 atom stereocenters. The Balaban J connectivity index is 2.31. The first-order valence-corrected chi connectivity index (χ1v) is 8.25. The highest BCUT2D eigenvalue weighted by Crippen LogP contribution is 2.16. The Morgan fingerprint density at radius 1 is 1.17 bits per heavy atom. The zero-order valence-corrected chi connectivity index (χ0v) is 14.3. The topological polar surface area (TPSA) is 92.2 Å². The fraction of sp³-hybridized carbons (Fsp3) is 0.647. The number of amides is 1. The van der Waals surface area contributed by atoms with E-state index in [1.54, 1.807) is 6.20 Å². The molecule has 6 heteroatoms. The molecule has 0 aromatic carbocycles. The second-order valence-electron chi connectivity index (χ2n) is 6.04. The van der Waals surface area contributed by atoms with Gasteiger partial charge in [-0.3, -0.25) is 9.59 Å². The van der Waals surface area contributed by atoms with Gasteiger partial charge >= 0.3 is 5.97 Å². The third-order valence-corrected chi connectivity index (χ3v) is 3.58. The van der Waals surface area contributed by atoms with Crippen molar-refractivity contribution in [2.75, 3.05) is 6.54 Å². The van der Waals surface area contributed by atoms with Crippen molar-refractivity contribution in [2.24, 2.45) is 0 Å². The number of aliphatic carboxylic acids is 1. The number of carbonyl (C=O) groups is 2. The lowest BCUT2D eigenvalue weighted by Gasteiger charge is -2.12. The van der Waals surface area contributed by atoms with Gasteiger partial charge in [0.05, 0.1) is 11.3 Å². The van der Waals surface area contributed by atoms with Gasteiger partial charge in [-0.05, 0) is 25.7 Å². The number of aromatic nitrogens is 2. The van der Waals surface area contributed by atoms with Crippen LogP contribution in [0.1, 0.15) is 80.2 Å². The van der Waals surface area contributed by atoms with E-state index in [2.05, 4.69) is 15.3 Å². The van der Waals surface area contributed by atoms with E-state index in [9.17, 15) is 9.59 Å². The molecule has 0 aliphatic heterocycles. The highest BCUT2D eigenvalue weighted by Gasteiger charge is 2.15. The molecule has 1 heterocycles. The van der Waals surface area contributed by atoms with Crippen LogP contribution >= 0.6 is 0 Å². The highest BCUT2D eigenvalue weighted by atomic mass is 16.4. The average Bonchev–Trinajstić information content (AvgIpc) is 2.49. The maximum atomic E-state index is 12.2. The number of aryl methyl sites for hydroxylation is 1. The van der Waals surface area contributed by atoms with Gasteiger partial charge in [0, 0.05) is 19.2 Å². The number of carbonyl (C=O) groups excluding carboxylic acids is 1. The van der Waals surface area contributed by atoms with Crippen molar-refractivity contribution in [2.45, 2.75) is 65.2 Å². The average molecular weight is 321 g/mol. The maximum Gasteiger partial charge on any atom is 0.303 e. The predicted octanol–water partition coefficient (Wildman–Crippen LogP) is 3.06. The van der Waals surface area contributed by atoms with Gasteiger partial charge in [0.1, 0.15) is 5.82 Å². The van der Waals surface area contributed by atoms with E-state index in [1.807, 2.05) is 20.8 Å². The summed E-state index contributed by atoms with van der Waals surface area (Å²) in [6, 6.07) is 0. The van der Waals surface area contributed by atoms with Gasteiger partial charge in [-0.1, -0.05) is 33.1 Å². The number of hydrogen-bond donors (Lipinski definition) is 2. The molecular weight excluding hydrogens is 294 g/mol. The van der Waals surface area contributed by atoms with Crippen LogP contribution in [-0.4, -0.2) is 33.5 Å². The molecule has 0 aliphatic carbocycles. The van der Waals surface area contributed by atoms with Gasteiger partial charge in [-0.15, -0.1) is 0 Å². The molecule has 1 rings (SSSR count). The van der Waals surface area contributed by atoms with E-state index in [0.717, 1.165) is 37.8 Å². The number of hydrogen-bond acceptors (Lipinski definition) is 4. The van der Waals surface area contributed by atoms with Crippen LogP contribution in [-0.2, 0) is 4.79 Å². The predicted molar refractivity (Wildman–Crippen MR) is 88.5 cm³/mol. The quantitative estimate of drug-likeness (QED) is 0.646. The molecule has 1 aromatic heterocycles. The summed E-state index contributed by atoms with van der Waals surface area (Å²) in [5.41, 5.74) is 1.33. The molecule has 23 heavy (non-hydrogen) atoms. The Kier molecular flexibility index (Phi) is 8.22. The van der Waals surface area contributed by atoms with E-state index in [-0.39, 0.29) is 18.2 Å². The van der Waals surface area contributed by atoms with E-state index >= 15 is 0 Å². The van der Waals surface area contributed by atoms with Crippen molar-refractivity contribution in [1.82, 2.24) is 15.3 Å². The summed E-state index contributed by atoms with van der Waals surface area (Å²) in [5.74, 6) is -0.0172. The van der Waals surface area contributed by atoms with Crippen molar-refractivity contribution in [3.63, 3.8) is 0 Å². The van der Waals surface area contributed by atoms with Crippen molar-refractivity contribution in [3.05, 3.63) is 23.3 Å². The normalized spacial score (nSPS) is 10.8. The zero-order chi connectivity index (χ0) is 17.2. The van der Waals surface area contributed by atoms with Crippen molar-refractivity contribution in [1.29, 1.82) is 0 Å². The highest BCUT2D eigenvalue weighted by molar-refractivity contribution is 5.95. The summed E-state index contributed by atoms with van der Waals surface area (Å²) in [7, 11) is 0. The molecule has 1 amide bonds. The molecule has 0 unspecified atom stereocenters. The maximum absolute atomic E-state index is 12.2. The van der Waals surface area contributed by atoms with Gasteiger partial charge in [0.2, 0.25) is 0 Å². The number of rotatable bonds is 10. The zero-order valence-electron chi connectivity index (χ0n) is 14.3. The van der Waals surface area contributed by atoms with Gasteiger partial charge in [-0.2, -0.15) is 0 Å². The van der Waals surface area contributed by atoms with Gasteiger partial charge in [0.15, 0.2) is 0 Å². The van der Waals surface area contributed by atoms with Crippen LogP contribution in [0.5, 0.6) is 0 Å². The first-order valence-electron chi connectivity index (χ1n) is 8.25. The van der Waals surface area contributed by atoms with Gasteiger partial charge < -0.3 is 10.4 Å². The van der Waals surface area contributed by atoms with Crippen LogP contribution in [0.4, 0.5) is 0 Å². The Hall–Kier alpha value is -1.98. The molecule has 0 radical (unpaired) electrons. The minimum absolute atomic E-state index is 0.125. The first-order chi connectivity index (χ1) is 10.9. The lowest BCUT2D eigenvalue weighted by atomic mass is 10.0. The molecular formula is C17H27N3O3. The summed E-state index contributed by atoms with van der Waals surface area (Å²) in [6.07, 6.45) is 6.35. The number of carboxylic acids is 1. The fourth-order valence-corrected chi connectivity index (χ4v) is 2.33. The van der Waals surface area contributed by atoms with Gasteiger partial charge in [-0.25, -0.2) is 9.97 Å². The van der Waals surface area contributed by atoms with Crippen LogP contribution in [0, 0.1) is 6.92 Å². The SMILES string of the molecule is Cc1ncc(C(=O)NCCCCCCCC(=O)O)c(C(C)C)n1. The molecule has 0 spiro atoms. The summed E-state index contributed by atoms with van der Waals surface area (Å²) < 4.78 is 0. The molecule has 128 valence electrons. The summed E-state index contributed by atoms with van der Waals surface area (Å²) >= 11 is 0. The lowest BCUT2D eigenvalue weighted by molar-refractivity contribution is -0.137. The lowest BCUT2D eigenvalue weighted by Crippen LogP contribution is -2.26. The smallest absolute Gasteiger partial charge is 0.303 e. The van der Waals surface area contributed by atoms with Crippen LogP contribution < -0.4 is 5.32 Å². The van der Waals surface area contributed by atoms with E-state index in [0.29, 0.717) is 17.9 Å². The number of carboxylic acid groups (broad SMARTS) is 1. The monoisotopic (exact) mass is 321 g/mol. The minimum Gasteiger partial charge on any atom is -0.481 e. The third kappa shape index (κ3) is 7.21. The third-order valence-electron chi connectivity index (χ3n) is 3.58. The van der Waals surface area contributed by atoms with Crippen molar-refractivity contribution >= 4 is 11.9 Å². The molecule has 0 saturated carbocycles. The fourth-order valence-electron chi connectivity index (χ4n) is 2.33. The van der Waals surface area contributed by atoms with Crippen LogP contribution in [0.3, 0.4) is 0 Å². The van der Waals surface area contributed by atoms with E-state index in [4.69, 9.17) is 5.11 Å². The molecule has 2 N–H and O–H groups in total. The van der Waals surface area contributed by atoms with Gasteiger partial charge in [0.25, 0.3) is 5.91 Å². The summed E-state index contributed by atoms with van der Waals surface area (Å²) in [6.45, 7) is 6.45. The largest absolute Gasteiger partial charge is 0.481 e. The van der Waals surface area contributed by atoms with Crippen molar-refractivity contribution < 1.29 is 14.7 Å². The van der Waals surface area contributed by atoms with E-state index in [1.165, 1.54) is 0 Å². The number of nitrogens with zero attached hydrogens (tertiary/aromatic N) is 2. The Bertz CT molecular complexity index is 530. The molecule has 0 saturated heterocycles. The van der Waals surface area contributed by atoms with Crippen LogP contribution in [0.15, 0.2) is 6.20 Å². The number of unbranched alkanes of at least 4 members (excludes halogenated alkanes) is 4. The molecule has 1 aromatic rings. The van der Waals surface area contributed by atoms with Crippen molar-refractivity contribution in [3.8, 4) is 0 Å². The second-order valence-corrected chi connectivity index (χ2v) is 6.04. The van der Waals surface area contributed by atoms with E-state index < -0.39 is 5.97 Å². The summed E-state index contributed by atoms with van der Waals surface area (Å²) in [5, 5.41) is 11.5. The standard InChI is InChI=1S/C17H27N3O3/c1-12(2)16-14(11-19-13(3)20-16)17(23)18-10-8-6-4-5-7-9-15(21)22/h11-12H,4-10H2,1-3H3,(H,18,23)(H,21,22). The second kappa shape index (κ2) is 9.92. The Labute approximate surface area is 137 Å². The Morgan fingerprint density at radius 2 is 1.83 bits per heavy atom. The molecule has 0 bridgehead atoms. The van der Waals surface area contributed by atoms with Crippen LogP contribution in [0.2, 0.25) is 0 Å². The number of nitrogens with one attached hydrogen (secondary N) is 1. The molecule has 6 nitrogen and oxygen atoms in total. The minimum atomic E-state index is -0.737. The Morgan fingerprint density at radius 3 is 2.48 bits per heavy atom.